The molecule has 30 heavy (non-hydrogen) atoms. The lowest BCUT2D eigenvalue weighted by Crippen LogP contribution is -2.04. The van der Waals surface area contributed by atoms with Gasteiger partial charge in [0.1, 0.15) is 5.82 Å². The van der Waals surface area contributed by atoms with Gasteiger partial charge in [0.2, 0.25) is 5.82 Å². The highest BCUT2D eigenvalue weighted by Crippen LogP contribution is 2.35. The summed E-state index contributed by atoms with van der Waals surface area (Å²) in [7, 11) is 0. The highest BCUT2D eigenvalue weighted by molar-refractivity contribution is 5.81. The molecule has 2 aromatic carbocycles. The number of benzene rings is 2. The molecule has 0 saturated heterocycles. The summed E-state index contributed by atoms with van der Waals surface area (Å²) in [4.78, 5) is 4.73. The van der Waals surface area contributed by atoms with Crippen LogP contribution in [0.4, 0.5) is 22.0 Å². The molecular weight excluding hydrogens is 399 g/mol. The van der Waals surface area contributed by atoms with E-state index < -0.39 is 34.6 Å². The van der Waals surface area contributed by atoms with Crippen LogP contribution in [0, 0.1) is 29.1 Å². The zero-order valence-corrected chi connectivity index (χ0v) is 16.2. The van der Waals surface area contributed by atoms with Gasteiger partial charge in [-0.05, 0) is 30.2 Å². The minimum absolute atomic E-state index is 0.123. The molecule has 0 aliphatic heterocycles. The first-order valence-corrected chi connectivity index (χ1v) is 9.44. The molecule has 0 spiro atoms. The van der Waals surface area contributed by atoms with Crippen molar-refractivity contribution in [2.75, 3.05) is 0 Å². The lowest BCUT2D eigenvalue weighted by Gasteiger charge is -2.09. The van der Waals surface area contributed by atoms with E-state index in [9.17, 15) is 22.0 Å². The molecule has 154 valence electrons. The molecule has 4 aromatic rings. The molecule has 0 fully saturated rings. The maximum Gasteiger partial charge on any atom is 0.200 e. The summed E-state index contributed by atoms with van der Waals surface area (Å²) in [5, 5.41) is 0. The van der Waals surface area contributed by atoms with Crippen molar-refractivity contribution < 1.29 is 22.0 Å². The van der Waals surface area contributed by atoms with Crippen LogP contribution >= 0.6 is 0 Å². The molecule has 2 aromatic heterocycles. The molecule has 2 heterocycles. The number of pyridine rings is 1. The zero-order chi connectivity index (χ0) is 21.6. The smallest absolute Gasteiger partial charge is 0.200 e. The monoisotopic (exact) mass is 416 g/mol. The molecule has 4 rings (SSSR count). The Kier molecular flexibility index (Phi) is 5.05. The van der Waals surface area contributed by atoms with E-state index in [1.807, 2.05) is 42.6 Å². The Morgan fingerprint density at radius 3 is 2.13 bits per heavy atom. The summed E-state index contributed by atoms with van der Waals surface area (Å²) in [6.45, 7) is 4.08. The van der Waals surface area contributed by atoms with Crippen LogP contribution in [0.1, 0.15) is 32.0 Å². The summed E-state index contributed by atoms with van der Waals surface area (Å²) in [6, 6.07) is 11.4. The van der Waals surface area contributed by atoms with Crippen LogP contribution in [0.15, 0.2) is 48.7 Å². The number of hydrogen-bond acceptors (Lipinski definition) is 1. The first kappa shape index (κ1) is 20.1. The Labute approximate surface area is 169 Å². The Morgan fingerprint density at radius 2 is 1.47 bits per heavy atom. The maximum absolute atomic E-state index is 14.3. The van der Waals surface area contributed by atoms with Gasteiger partial charge in [-0.1, -0.05) is 38.1 Å². The first-order valence-electron chi connectivity index (χ1n) is 9.44. The lowest BCUT2D eigenvalue weighted by atomic mass is 9.99. The molecule has 7 heteroatoms. The molecule has 1 atom stereocenters. The number of fused-ring (bicyclic) bond motifs is 1. The van der Waals surface area contributed by atoms with Crippen LogP contribution < -0.4 is 0 Å². The third kappa shape index (κ3) is 3.05. The van der Waals surface area contributed by atoms with Gasteiger partial charge in [-0.3, -0.25) is 0 Å². The second kappa shape index (κ2) is 7.55. The quantitative estimate of drug-likeness (QED) is 0.201. The Balaban J connectivity index is 1.94. The average Bonchev–Trinajstić information content (AvgIpc) is 3.16. The van der Waals surface area contributed by atoms with Crippen molar-refractivity contribution in [3.63, 3.8) is 0 Å². The molecule has 1 unspecified atom stereocenters. The van der Waals surface area contributed by atoms with Crippen LogP contribution in [-0.2, 0) is 0 Å². The minimum atomic E-state index is -2.18. The zero-order valence-electron chi connectivity index (χ0n) is 16.2. The van der Waals surface area contributed by atoms with Crippen molar-refractivity contribution in [1.82, 2.24) is 9.38 Å². The normalized spacial score (nSPS) is 12.5. The van der Waals surface area contributed by atoms with Crippen molar-refractivity contribution in [2.24, 2.45) is 0 Å². The van der Waals surface area contributed by atoms with Gasteiger partial charge in [0.05, 0.1) is 16.8 Å². The second-order valence-corrected chi connectivity index (χ2v) is 7.11. The third-order valence-electron chi connectivity index (χ3n) is 5.26. The van der Waals surface area contributed by atoms with Gasteiger partial charge in [0, 0.05) is 17.7 Å². The summed E-state index contributed by atoms with van der Waals surface area (Å²) >= 11 is 0. The fraction of sp³-hybridized carbons (Fsp3) is 0.174. The van der Waals surface area contributed by atoms with E-state index in [1.165, 1.54) is 18.2 Å². The first-order chi connectivity index (χ1) is 14.3. The van der Waals surface area contributed by atoms with Crippen LogP contribution in [0.2, 0.25) is 0 Å². The SMILES string of the molecule is CCC(C)c1nc(-c2cccc(-c3c(F)c(F)c(F)c(F)c3F)c2)c2ccccn12. The van der Waals surface area contributed by atoms with Crippen molar-refractivity contribution in [1.29, 1.82) is 0 Å². The number of rotatable bonds is 4. The lowest BCUT2D eigenvalue weighted by molar-refractivity contribution is 0.381. The van der Waals surface area contributed by atoms with Crippen LogP contribution in [0.5, 0.6) is 0 Å². The summed E-state index contributed by atoms with van der Waals surface area (Å²) < 4.78 is 71.3. The fourth-order valence-corrected chi connectivity index (χ4v) is 3.48. The standard InChI is InChI=1S/C23H17F5N2/c1-3-12(2)23-29-22(15-9-4-5-10-30(15)23)14-8-6-7-13(11-14)16-17(24)19(26)21(28)20(27)18(16)25/h4-12H,3H2,1-2H3. The molecule has 0 radical (unpaired) electrons. The topological polar surface area (TPSA) is 17.3 Å². The Morgan fingerprint density at radius 1 is 0.833 bits per heavy atom. The minimum Gasteiger partial charge on any atom is -0.303 e. The summed E-state index contributed by atoms with van der Waals surface area (Å²) in [5.74, 6) is -8.86. The van der Waals surface area contributed by atoms with E-state index in [0.717, 1.165) is 17.8 Å². The molecule has 0 N–H and O–H groups in total. The predicted octanol–water partition coefficient (Wildman–Crippen LogP) is 6.88. The fourth-order valence-electron chi connectivity index (χ4n) is 3.48. The van der Waals surface area contributed by atoms with Gasteiger partial charge in [0.25, 0.3) is 0 Å². The number of halogens is 5. The highest BCUT2D eigenvalue weighted by atomic mass is 19.2. The van der Waals surface area contributed by atoms with Crippen LogP contribution in [0.3, 0.4) is 0 Å². The van der Waals surface area contributed by atoms with Gasteiger partial charge < -0.3 is 4.40 Å². The number of aromatic nitrogens is 2. The molecule has 0 bridgehead atoms. The summed E-state index contributed by atoms with van der Waals surface area (Å²) in [5.41, 5.74) is 0.773. The number of nitrogens with zero attached hydrogens (tertiary/aromatic N) is 2. The van der Waals surface area contributed by atoms with Crippen LogP contribution in [-0.4, -0.2) is 9.38 Å². The largest absolute Gasteiger partial charge is 0.303 e. The Hall–Kier alpha value is -3.22. The van der Waals surface area contributed by atoms with Gasteiger partial charge >= 0.3 is 0 Å². The van der Waals surface area contributed by atoms with E-state index in [-0.39, 0.29) is 11.5 Å². The number of hydrogen-bond donors (Lipinski definition) is 0. The summed E-state index contributed by atoms with van der Waals surface area (Å²) in [6.07, 6.45) is 2.74. The van der Waals surface area contributed by atoms with Crippen molar-refractivity contribution in [3.05, 3.63) is 83.6 Å². The van der Waals surface area contributed by atoms with E-state index >= 15 is 0 Å². The van der Waals surface area contributed by atoms with E-state index in [0.29, 0.717) is 11.3 Å². The van der Waals surface area contributed by atoms with Crippen molar-refractivity contribution in [2.45, 2.75) is 26.2 Å². The molecule has 0 amide bonds. The molecule has 0 aliphatic carbocycles. The van der Waals surface area contributed by atoms with Gasteiger partial charge in [0.15, 0.2) is 23.3 Å². The second-order valence-electron chi connectivity index (χ2n) is 7.11. The highest BCUT2D eigenvalue weighted by Gasteiger charge is 2.27. The van der Waals surface area contributed by atoms with Crippen molar-refractivity contribution >= 4 is 5.52 Å². The van der Waals surface area contributed by atoms with Gasteiger partial charge in [-0.15, -0.1) is 0 Å². The van der Waals surface area contributed by atoms with Gasteiger partial charge in [-0.2, -0.15) is 0 Å². The predicted molar refractivity (Wildman–Crippen MR) is 105 cm³/mol. The third-order valence-corrected chi connectivity index (χ3v) is 5.26. The molecular formula is C23H17F5N2. The molecule has 0 aliphatic rings. The van der Waals surface area contributed by atoms with Gasteiger partial charge in [-0.25, -0.2) is 26.9 Å². The Bertz CT molecular complexity index is 1230. The average molecular weight is 416 g/mol. The van der Waals surface area contributed by atoms with E-state index in [2.05, 4.69) is 0 Å². The van der Waals surface area contributed by atoms with E-state index in [4.69, 9.17) is 4.98 Å². The van der Waals surface area contributed by atoms with Crippen LogP contribution in [0.25, 0.3) is 27.9 Å². The molecule has 0 saturated carbocycles. The molecule has 2 nitrogen and oxygen atoms in total. The van der Waals surface area contributed by atoms with Crippen molar-refractivity contribution in [3.8, 4) is 22.4 Å². The number of imidazole rings is 1. The maximum atomic E-state index is 14.3. The van der Waals surface area contributed by atoms with E-state index in [1.54, 1.807) is 6.07 Å².